The molecule has 0 bridgehead atoms. The third kappa shape index (κ3) is 3.59. The number of pyridine rings is 1. The van der Waals surface area contributed by atoms with Gasteiger partial charge in [0.2, 0.25) is 0 Å². The second-order valence-corrected chi connectivity index (χ2v) is 7.20. The average molecular weight is 369 g/mol. The summed E-state index contributed by atoms with van der Waals surface area (Å²) in [5, 5.41) is 0.765. The van der Waals surface area contributed by atoms with Crippen molar-refractivity contribution in [2.75, 3.05) is 31.1 Å². The standard InChI is InChI=1S/C20H21ClN4O/c1-15-5-6-19-22-17(12-20(26)25(19)13-15)14-23-7-9-24(10-8-23)18-4-2-3-16(21)11-18/h2-6,11-13H,7-10,14H2,1H3. The zero-order valence-corrected chi connectivity index (χ0v) is 15.5. The molecule has 1 saturated heterocycles. The number of hydrogen-bond donors (Lipinski definition) is 0. The van der Waals surface area contributed by atoms with E-state index in [1.54, 1.807) is 10.5 Å². The minimum absolute atomic E-state index is 0.0220. The Balaban J connectivity index is 1.45. The Kier molecular flexibility index (Phi) is 4.66. The van der Waals surface area contributed by atoms with E-state index in [1.807, 2.05) is 43.5 Å². The number of anilines is 1. The minimum atomic E-state index is -0.0220. The molecule has 0 atom stereocenters. The first-order chi connectivity index (χ1) is 12.6. The van der Waals surface area contributed by atoms with Crippen LogP contribution in [-0.2, 0) is 6.54 Å². The van der Waals surface area contributed by atoms with Crippen molar-refractivity contribution in [2.24, 2.45) is 0 Å². The van der Waals surface area contributed by atoms with Crippen LogP contribution in [0.15, 0.2) is 53.5 Å². The van der Waals surface area contributed by atoms with Gasteiger partial charge in [-0.2, -0.15) is 0 Å². The van der Waals surface area contributed by atoms with Crippen molar-refractivity contribution in [1.82, 2.24) is 14.3 Å². The average Bonchev–Trinajstić information content (AvgIpc) is 2.63. The van der Waals surface area contributed by atoms with Crippen molar-refractivity contribution < 1.29 is 0 Å². The Morgan fingerprint density at radius 1 is 1.08 bits per heavy atom. The van der Waals surface area contributed by atoms with Gasteiger partial charge < -0.3 is 4.90 Å². The topological polar surface area (TPSA) is 40.9 Å². The van der Waals surface area contributed by atoms with Crippen LogP contribution in [0.5, 0.6) is 0 Å². The fourth-order valence-electron chi connectivity index (χ4n) is 3.41. The van der Waals surface area contributed by atoms with Gasteiger partial charge in [-0.25, -0.2) is 4.98 Å². The molecule has 0 spiro atoms. The maximum atomic E-state index is 12.3. The van der Waals surface area contributed by atoms with Gasteiger partial charge in [0, 0.05) is 55.7 Å². The molecule has 1 aliphatic rings. The lowest BCUT2D eigenvalue weighted by Crippen LogP contribution is -2.46. The highest BCUT2D eigenvalue weighted by molar-refractivity contribution is 6.30. The van der Waals surface area contributed by atoms with Gasteiger partial charge in [-0.05, 0) is 36.8 Å². The predicted octanol–water partition coefficient (Wildman–Crippen LogP) is 2.98. The number of nitrogens with zero attached hydrogens (tertiary/aromatic N) is 4. The SMILES string of the molecule is Cc1ccc2nc(CN3CCN(c4cccc(Cl)c4)CC3)cc(=O)n2c1. The van der Waals surface area contributed by atoms with Gasteiger partial charge in [0.25, 0.3) is 5.56 Å². The Bertz CT molecular complexity index is 993. The highest BCUT2D eigenvalue weighted by atomic mass is 35.5. The van der Waals surface area contributed by atoms with Crippen molar-refractivity contribution in [3.63, 3.8) is 0 Å². The van der Waals surface area contributed by atoms with Crippen LogP contribution in [0.25, 0.3) is 5.65 Å². The molecule has 0 unspecified atom stereocenters. The molecule has 1 fully saturated rings. The number of rotatable bonds is 3. The van der Waals surface area contributed by atoms with E-state index in [0.717, 1.165) is 48.1 Å². The van der Waals surface area contributed by atoms with Gasteiger partial charge in [-0.3, -0.25) is 14.1 Å². The van der Waals surface area contributed by atoms with Crippen molar-refractivity contribution in [3.05, 3.63) is 75.3 Å². The van der Waals surface area contributed by atoms with Crippen molar-refractivity contribution in [1.29, 1.82) is 0 Å². The number of fused-ring (bicyclic) bond motifs is 1. The van der Waals surface area contributed by atoms with Gasteiger partial charge in [0.05, 0.1) is 5.69 Å². The number of piperazine rings is 1. The summed E-state index contributed by atoms with van der Waals surface area (Å²) in [6.45, 7) is 6.41. The van der Waals surface area contributed by atoms with E-state index < -0.39 is 0 Å². The number of aryl methyl sites for hydroxylation is 1. The molecule has 1 aromatic carbocycles. The minimum Gasteiger partial charge on any atom is -0.369 e. The molecule has 0 aliphatic carbocycles. The van der Waals surface area contributed by atoms with Crippen LogP contribution in [0.2, 0.25) is 5.02 Å². The van der Waals surface area contributed by atoms with E-state index in [2.05, 4.69) is 20.9 Å². The number of aromatic nitrogens is 2. The molecule has 5 nitrogen and oxygen atoms in total. The van der Waals surface area contributed by atoms with E-state index >= 15 is 0 Å². The Morgan fingerprint density at radius 2 is 1.88 bits per heavy atom. The molecule has 4 rings (SSSR count). The molecule has 2 aromatic heterocycles. The van der Waals surface area contributed by atoms with Crippen molar-refractivity contribution in [2.45, 2.75) is 13.5 Å². The summed E-state index contributed by atoms with van der Waals surface area (Å²) in [4.78, 5) is 21.7. The monoisotopic (exact) mass is 368 g/mol. The third-order valence-corrected chi connectivity index (χ3v) is 5.03. The molecule has 0 saturated carbocycles. The summed E-state index contributed by atoms with van der Waals surface area (Å²) < 4.78 is 1.61. The first-order valence-corrected chi connectivity index (χ1v) is 9.18. The van der Waals surface area contributed by atoms with Crippen molar-refractivity contribution in [3.8, 4) is 0 Å². The van der Waals surface area contributed by atoms with E-state index in [9.17, 15) is 4.79 Å². The third-order valence-electron chi connectivity index (χ3n) is 4.79. The molecule has 134 valence electrons. The lowest BCUT2D eigenvalue weighted by atomic mass is 10.2. The number of halogens is 1. The van der Waals surface area contributed by atoms with E-state index in [-0.39, 0.29) is 5.56 Å². The Hall–Kier alpha value is -2.37. The van der Waals surface area contributed by atoms with Gasteiger partial charge in [0.1, 0.15) is 5.65 Å². The zero-order chi connectivity index (χ0) is 18.1. The van der Waals surface area contributed by atoms with Gasteiger partial charge >= 0.3 is 0 Å². The molecule has 0 amide bonds. The Morgan fingerprint density at radius 3 is 2.65 bits per heavy atom. The van der Waals surface area contributed by atoms with Gasteiger partial charge in [-0.1, -0.05) is 23.7 Å². The smallest absolute Gasteiger partial charge is 0.258 e. The van der Waals surface area contributed by atoms with Crippen LogP contribution in [0, 0.1) is 6.92 Å². The summed E-state index contributed by atoms with van der Waals surface area (Å²) in [6.07, 6.45) is 1.83. The van der Waals surface area contributed by atoms with Gasteiger partial charge in [0.15, 0.2) is 0 Å². The van der Waals surface area contributed by atoms with Crippen LogP contribution in [0.4, 0.5) is 5.69 Å². The molecule has 0 N–H and O–H groups in total. The zero-order valence-electron chi connectivity index (χ0n) is 14.7. The van der Waals surface area contributed by atoms with Crippen LogP contribution in [-0.4, -0.2) is 40.5 Å². The van der Waals surface area contributed by atoms with Crippen LogP contribution >= 0.6 is 11.6 Å². The maximum absolute atomic E-state index is 12.3. The lowest BCUT2D eigenvalue weighted by molar-refractivity contribution is 0.247. The molecule has 26 heavy (non-hydrogen) atoms. The van der Waals surface area contributed by atoms with Crippen LogP contribution in [0.3, 0.4) is 0 Å². The van der Waals surface area contributed by atoms with E-state index in [4.69, 9.17) is 11.6 Å². The normalized spacial score (nSPS) is 15.5. The first kappa shape index (κ1) is 17.1. The number of hydrogen-bond acceptors (Lipinski definition) is 4. The highest BCUT2D eigenvalue weighted by Gasteiger charge is 2.18. The summed E-state index contributed by atoms with van der Waals surface area (Å²) >= 11 is 6.10. The van der Waals surface area contributed by atoms with Crippen LogP contribution in [0.1, 0.15) is 11.3 Å². The first-order valence-electron chi connectivity index (χ1n) is 8.80. The predicted molar refractivity (Wildman–Crippen MR) is 105 cm³/mol. The van der Waals surface area contributed by atoms with Crippen molar-refractivity contribution >= 4 is 22.9 Å². The molecule has 6 heteroatoms. The number of benzene rings is 1. The summed E-state index contributed by atoms with van der Waals surface area (Å²) in [7, 11) is 0. The van der Waals surface area contributed by atoms with Gasteiger partial charge in [-0.15, -0.1) is 0 Å². The lowest BCUT2D eigenvalue weighted by Gasteiger charge is -2.36. The highest BCUT2D eigenvalue weighted by Crippen LogP contribution is 2.21. The van der Waals surface area contributed by atoms with E-state index in [1.165, 1.54) is 0 Å². The summed E-state index contributed by atoms with van der Waals surface area (Å²) in [5.74, 6) is 0. The van der Waals surface area contributed by atoms with E-state index in [0.29, 0.717) is 12.2 Å². The fraction of sp³-hybridized carbons (Fsp3) is 0.300. The summed E-state index contributed by atoms with van der Waals surface area (Å²) in [5.41, 5.74) is 3.72. The molecule has 1 aliphatic heterocycles. The summed E-state index contributed by atoms with van der Waals surface area (Å²) in [6, 6.07) is 13.5. The molecule has 0 radical (unpaired) electrons. The molecule has 3 aromatic rings. The second-order valence-electron chi connectivity index (χ2n) is 6.76. The molecule has 3 heterocycles. The molecular weight excluding hydrogens is 348 g/mol. The quantitative estimate of drug-likeness (QED) is 0.712. The maximum Gasteiger partial charge on any atom is 0.258 e. The fourth-order valence-corrected chi connectivity index (χ4v) is 3.59. The van der Waals surface area contributed by atoms with Crippen LogP contribution < -0.4 is 10.5 Å². The Labute approximate surface area is 157 Å². The second kappa shape index (κ2) is 7.09. The molecular formula is C20H21ClN4O. The largest absolute Gasteiger partial charge is 0.369 e.